The summed E-state index contributed by atoms with van der Waals surface area (Å²) in [7, 11) is 0. The maximum absolute atomic E-state index is 5.41. The van der Waals surface area contributed by atoms with Crippen LogP contribution >= 0.6 is 0 Å². The van der Waals surface area contributed by atoms with E-state index in [1.807, 2.05) is 0 Å². The number of hydrogen-bond donors (Lipinski definition) is 3. The minimum absolute atomic E-state index is 0.732. The molecule has 1 saturated carbocycles. The van der Waals surface area contributed by atoms with Crippen molar-refractivity contribution in [2.75, 3.05) is 13.1 Å². The van der Waals surface area contributed by atoms with Crippen molar-refractivity contribution in [3.05, 3.63) is 0 Å². The van der Waals surface area contributed by atoms with Crippen molar-refractivity contribution >= 4 is 5.96 Å². The van der Waals surface area contributed by atoms with E-state index in [0.29, 0.717) is 0 Å². The van der Waals surface area contributed by atoms with Gasteiger partial charge in [-0.1, -0.05) is 39.5 Å². The highest BCUT2D eigenvalue weighted by Gasteiger charge is 2.17. The van der Waals surface area contributed by atoms with Gasteiger partial charge in [0.2, 0.25) is 5.96 Å². The van der Waals surface area contributed by atoms with Crippen molar-refractivity contribution in [1.82, 2.24) is 10.7 Å². The van der Waals surface area contributed by atoms with Crippen molar-refractivity contribution in [2.24, 2.45) is 22.7 Å². The fourth-order valence-corrected chi connectivity index (χ4v) is 2.39. The van der Waals surface area contributed by atoms with Gasteiger partial charge in [0, 0.05) is 13.1 Å². The van der Waals surface area contributed by atoms with E-state index in [-0.39, 0.29) is 0 Å². The first-order chi connectivity index (χ1) is 8.26. The third-order valence-corrected chi connectivity index (χ3v) is 3.61. The number of guanidine groups is 1. The Morgan fingerprint density at radius 1 is 1.29 bits per heavy atom. The quantitative estimate of drug-likeness (QED) is 0.298. The number of nitrogens with zero attached hydrogens (tertiary/aromatic N) is 1. The van der Waals surface area contributed by atoms with Gasteiger partial charge in [0.25, 0.3) is 0 Å². The summed E-state index contributed by atoms with van der Waals surface area (Å²) < 4.78 is 0. The van der Waals surface area contributed by atoms with Gasteiger partial charge >= 0.3 is 0 Å². The van der Waals surface area contributed by atoms with Crippen molar-refractivity contribution in [1.29, 1.82) is 0 Å². The molecule has 100 valence electrons. The Hall–Kier alpha value is -0.770. The van der Waals surface area contributed by atoms with Crippen LogP contribution in [-0.4, -0.2) is 19.0 Å². The molecule has 1 aliphatic rings. The summed E-state index contributed by atoms with van der Waals surface area (Å²) in [5, 5.41) is 3.28. The summed E-state index contributed by atoms with van der Waals surface area (Å²) in [5.41, 5.74) is 2.62. The summed E-state index contributed by atoms with van der Waals surface area (Å²) in [6.07, 6.45) is 7.86. The van der Waals surface area contributed by atoms with E-state index in [1.54, 1.807) is 0 Å². The van der Waals surface area contributed by atoms with Crippen LogP contribution < -0.4 is 16.6 Å². The van der Waals surface area contributed by atoms with Crippen LogP contribution in [-0.2, 0) is 0 Å². The zero-order chi connectivity index (χ0) is 12.5. The molecule has 1 rings (SSSR count). The highest BCUT2D eigenvalue weighted by molar-refractivity contribution is 5.79. The second-order valence-corrected chi connectivity index (χ2v) is 5.22. The molecule has 0 heterocycles. The molecule has 4 heteroatoms. The summed E-state index contributed by atoms with van der Waals surface area (Å²) in [5.74, 6) is 7.97. The molecule has 4 nitrogen and oxygen atoms in total. The van der Waals surface area contributed by atoms with E-state index >= 15 is 0 Å². The lowest BCUT2D eigenvalue weighted by atomic mass is 9.81. The first kappa shape index (κ1) is 14.3. The minimum atomic E-state index is 0.732. The minimum Gasteiger partial charge on any atom is -0.355 e. The second kappa shape index (κ2) is 8.34. The number of rotatable bonds is 5. The molecule has 1 fully saturated rings. The monoisotopic (exact) mass is 240 g/mol. The molecule has 0 saturated heterocycles. The molecule has 0 amide bonds. The maximum atomic E-state index is 5.41. The van der Waals surface area contributed by atoms with E-state index < -0.39 is 0 Å². The molecule has 0 aliphatic heterocycles. The lowest BCUT2D eigenvalue weighted by Crippen LogP contribution is -2.42. The van der Waals surface area contributed by atoms with Gasteiger partial charge in [-0.15, -0.1) is 0 Å². The van der Waals surface area contributed by atoms with Crippen molar-refractivity contribution in [3.8, 4) is 0 Å². The van der Waals surface area contributed by atoms with E-state index in [2.05, 4.69) is 29.6 Å². The fraction of sp³-hybridized carbons (Fsp3) is 0.923. The zero-order valence-corrected chi connectivity index (χ0v) is 11.3. The molecule has 0 aromatic heterocycles. The summed E-state index contributed by atoms with van der Waals surface area (Å²) in [6.45, 7) is 6.28. The molecule has 0 atom stereocenters. The van der Waals surface area contributed by atoms with Crippen LogP contribution in [0, 0.1) is 11.8 Å². The Bertz CT molecular complexity index is 219. The van der Waals surface area contributed by atoms with Crippen LogP contribution in [0.2, 0.25) is 0 Å². The molecular formula is C13H28N4. The highest BCUT2D eigenvalue weighted by atomic mass is 15.3. The third kappa shape index (κ3) is 5.91. The first-order valence-electron chi connectivity index (χ1n) is 7.01. The van der Waals surface area contributed by atoms with Crippen LogP contribution in [0.15, 0.2) is 4.99 Å². The Balaban J connectivity index is 2.13. The van der Waals surface area contributed by atoms with Gasteiger partial charge in [0.05, 0.1) is 0 Å². The number of nitrogens with two attached hydrogens (primary N) is 1. The van der Waals surface area contributed by atoms with Crippen molar-refractivity contribution in [3.63, 3.8) is 0 Å². The summed E-state index contributed by atoms with van der Waals surface area (Å²) >= 11 is 0. The predicted molar refractivity (Wildman–Crippen MR) is 73.7 cm³/mol. The summed E-state index contributed by atoms with van der Waals surface area (Å²) in [4.78, 5) is 4.32. The van der Waals surface area contributed by atoms with Gasteiger partial charge in [-0.25, -0.2) is 5.84 Å². The Morgan fingerprint density at radius 2 is 2.00 bits per heavy atom. The highest BCUT2D eigenvalue weighted by Crippen LogP contribution is 2.29. The summed E-state index contributed by atoms with van der Waals surface area (Å²) in [6, 6.07) is 0. The predicted octanol–water partition coefficient (Wildman–Crippen LogP) is 2.02. The normalized spacial score (nSPS) is 25.7. The van der Waals surface area contributed by atoms with Crippen LogP contribution in [0.5, 0.6) is 0 Å². The lowest BCUT2D eigenvalue weighted by molar-refractivity contribution is 0.278. The maximum Gasteiger partial charge on any atom is 0.205 e. The number of aliphatic imine (C=N–C) groups is 1. The van der Waals surface area contributed by atoms with Crippen LogP contribution in [0.1, 0.15) is 52.4 Å². The van der Waals surface area contributed by atoms with Crippen LogP contribution in [0.4, 0.5) is 0 Å². The van der Waals surface area contributed by atoms with E-state index in [4.69, 9.17) is 5.84 Å². The van der Waals surface area contributed by atoms with Gasteiger partial charge in [-0.05, 0) is 24.7 Å². The van der Waals surface area contributed by atoms with Crippen molar-refractivity contribution in [2.45, 2.75) is 52.4 Å². The number of hydrogen-bond acceptors (Lipinski definition) is 2. The zero-order valence-electron chi connectivity index (χ0n) is 11.3. The molecule has 0 spiro atoms. The Morgan fingerprint density at radius 3 is 2.59 bits per heavy atom. The molecule has 4 N–H and O–H groups in total. The van der Waals surface area contributed by atoms with Gasteiger partial charge in [-0.2, -0.15) is 0 Å². The average Bonchev–Trinajstić information content (AvgIpc) is 2.36. The third-order valence-electron chi connectivity index (χ3n) is 3.61. The second-order valence-electron chi connectivity index (χ2n) is 5.22. The van der Waals surface area contributed by atoms with Crippen LogP contribution in [0.3, 0.4) is 0 Å². The van der Waals surface area contributed by atoms with Crippen LogP contribution in [0.25, 0.3) is 0 Å². The smallest absolute Gasteiger partial charge is 0.205 e. The largest absolute Gasteiger partial charge is 0.355 e. The van der Waals surface area contributed by atoms with E-state index in [1.165, 1.54) is 32.1 Å². The molecule has 17 heavy (non-hydrogen) atoms. The van der Waals surface area contributed by atoms with Gasteiger partial charge in [0.1, 0.15) is 0 Å². The molecule has 0 aromatic rings. The number of hydrazine groups is 1. The number of nitrogens with one attached hydrogen (secondary N) is 2. The Kier molecular flexibility index (Phi) is 7.01. The van der Waals surface area contributed by atoms with Crippen molar-refractivity contribution < 1.29 is 0 Å². The SMILES string of the molecule is CCCN=C(NN)NCCC1CCC(C)CC1. The van der Waals surface area contributed by atoms with Gasteiger partial charge in [0.15, 0.2) is 0 Å². The molecular weight excluding hydrogens is 212 g/mol. The average molecular weight is 240 g/mol. The van der Waals surface area contributed by atoms with E-state index in [0.717, 1.165) is 37.3 Å². The van der Waals surface area contributed by atoms with Gasteiger partial charge < -0.3 is 5.32 Å². The molecule has 0 aromatic carbocycles. The molecule has 0 bridgehead atoms. The molecule has 0 unspecified atom stereocenters. The first-order valence-corrected chi connectivity index (χ1v) is 7.01. The topological polar surface area (TPSA) is 62.4 Å². The molecule has 0 radical (unpaired) electrons. The van der Waals surface area contributed by atoms with Gasteiger partial charge in [-0.3, -0.25) is 10.4 Å². The standard InChI is InChI=1S/C13H28N4/c1-3-9-15-13(17-14)16-10-8-12-6-4-11(2)5-7-12/h11-12H,3-10,14H2,1-2H3,(H2,15,16,17). The van der Waals surface area contributed by atoms with E-state index in [9.17, 15) is 0 Å². The lowest BCUT2D eigenvalue weighted by Gasteiger charge is -2.26. The fourth-order valence-electron chi connectivity index (χ4n) is 2.39. The Labute approximate surface area is 105 Å². The molecule has 1 aliphatic carbocycles.